The average Bonchev–Trinajstić information content (AvgIpc) is 2.41. The fraction of sp³-hybridized carbons (Fsp3) is 0.333. The molecule has 19 heavy (non-hydrogen) atoms. The van der Waals surface area contributed by atoms with Gasteiger partial charge in [0.05, 0.1) is 17.3 Å². The molecular formula is C12H14N2O4S. The van der Waals surface area contributed by atoms with Crippen LogP contribution in [-0.4, -0.2) is 46.2 Å². The van der Waals surface area contributed by atoms with Crippen LogP contribution in [0.4, 0.5) is 5.69 Å². The van der Waals surface area contributed by atoms with Crippen molar-refractivity contribution in [2.75, 3.05) is 23.4 Å². The lowest BCUT2D eigenvalue weighted by Gasteiger charge is -2.22. The summed E-state index contributed by atoms with van der Waals surface area (Å²) in [4.78, 5) is 23.0. The maximum absolute atomic E-state index is 12.0. The Kier molecular flexibility index (Phi) is 4.28. The second kappa shape index (κ2) is 5.94. The Balaban J connectivity index is 2.13. The monoisotopic (exact) mass is 282 g/mol. The molecule has 1 aromatic carbocycles. The summed E-state index contributed by atoms with van der Waals surface area (Å²) in [6.45, 7) is 0.754. The molecule has 102 valence electrons. The van der Waals surface area contributed by atoms with Gasteiger partial charge in [-0.2, -0.15) is 11.8 Å². The number of rotatable bonds is 3. The Labute approximate surface area is 114 Å². The molecule has 4 N–H and O–H groups in total. The zero-order chi connectivity index (χ0) is 13.8. The van der Waals surface area contributed by atoms with Gasteiger partial charge < -0.3 is 20.8 Å². The molecule has 0 aliphatic carbocycles. The van der Waals surface area contributed by atoms with E-state index in [1.807, 2.05) is 0 Å². The second-order valence-corrected chi connectivity index (χ2v) is 5.26. The molecule has 1 saturated heterocycles. The van der Waals surface area contributed by atoms with Gasteiger partial charge in [-0.25, -0.2) is 4.79 Å². The first kappa shape index (κ1) is 13.7. The van der Waals surface area contributed by atoms with Crippen LogP contribution < -0.4 is 10.6 Å². The minimum absolute atomic E-state index is 0.128. The molecular weight excluding hydrogens is 268 g/mol. The summed E-state index contributed by atoms with van der Waals surface area (Å²) in [6, 6.07) is 3.51. The number of amides is 1. The second-order valence-electron chi connectivity index (χ2n) is 4.11. The van der Waals surface area contributed by atoms with Crippen molar-refractivity contribution >= 4 is 29.3 Å². The standard InChI is InChI=1S/C12H14N2O4S/c15-7-1-2-9(8(5-7)12(17)18)14-11(16)10-6-19-4-3-13-10/h1-2,5,10,13,15H,3-4,6H2,(H,14,16)(H,17,18). The van der Waals surface area contributed by atoms with Crippen molar-refractivity contribution < 1.29 is 19.8 Å². The molecule has 1 fully saturated rings. The van der Waals surface area contributed by atoms with Crippen molar-refractivity contribution in [3.8, 4) is 5.75 Å². The Bertz CT molecular complexity index is 501. The number of carboxylic acid groups (broad SMARTS) is 1. The van der Waals surface area contributed by atoms with E-state index in [1.54, 1.807) is 11.8 Å². The van der Waals surface area contributed by atoms with Gasteiger partial charge in [0.25, 0.3) is 0 Å². The fourth-order valence-corrected chi connectivity index (χ4v) is 2.71. The summed E-state index contributed by atoms with van der Waals surface area (Å²) in [5.74, 6) is 0.00897. The van der Waals surface area contributed by atoms with Gasteiger partial charge in [0.1, 0.15) is 5.75 Å². The van der Waals surface area contributed by atoms with Crippen molar-refractivity contribution in [1.82, 2.24) is 5.32 Å². The number of nitrogens with one attached hydrogen (secondary N) is 2. The summed E-state index contributed by atoms with van der Waals surface area (Å²) < 4.78 is 0. The molecule has 2 rings (SSSR count). The van der Waals surface area contributed by atoms with Crippen LogP contribution >= 0.6 is 11.8 Å². The van der Waals surface area contributed by atoms with Crippen molar-refractivity contribution in [3.05, 3.63) is 23.8 Å². The van der Waals surface area contributed by atoms with Gasteiger partial charge in [-0.1, -0.05) is 0 Å². The highest BCUT2D eigenvalue weighted by molar-refractivity contribution is 7.99. The summed E-state index contributed by atoms with van der Waals surface area (Å²) in [5, 5.41) is 24.0. The van der Waals surface area contributed by atoms with E-state index >= 15 is 0 Å². The molecule has 1 amide bonds. The van der Waals surface area contributed by atoms with Gasteiger partial charge in [-0.05, 0) is 18.2 Å². The van der Waals surface area contributed by atoms with Gasteiger partial charge in [0.2, 0.25) is 5.91 Å². The van der Waals surface area contributed by atoms with Gasteiger partial charge >= 0.3 is 5.97 Å². The number of hydrogen-bond acceptors (Lipinski definition) is 5. The van der Waals surface area contributed by atoms with Gasteiger partial charge in [0.15, 0.2) is 0 Å². The van der Waals surface area contributed by atoms with Crippen LogP contribution in [0.3, 0.4) is 0 Å². The number of phenolic OH excluding ortho intramolecular Hbond substituents is 1. The molecule has 0 bridgehead atoms. The smallest absolute Gasteiger partial charge is 0.337 e. The number of hydrogen-bond donors (Lipinski definition) is 4. The number of carbonyl (C=O) groups is 2. The molecule has 0 radical (unpaired) electrons. The number of benzene rings is 1. The van der Waals surface area contributed by atoms with E-state index in [-0.39, 0.29) is 28.9 Å². The molecule has 0 aromatic heterocycles. The molecule has 1 aliphatic rings. The Morgan fingerprint density at radius 2 is 2.21 bits per heavy atom. The lowest BCUT2D eigenvalue weighted by atomic mass is 10.1. The topological polar surface area (TPSA) is 98.7 Å². The Morgan fingerprint density at radius 1 is 1.42 bits per heavy atom. The third-order valence-corrected chi connectivity index (χ3v) is 3.79. The van der Waals surface area contributed by atoms with E-state index in [9.17, 15) is 14.7 Å². The van der Waals surface area contributed by atoms with Crippen LogP contribution in [0.25, 0.3) is 0 Å². The molecule has 1 aromatic rings. The lowest BCUT2D eigenvalue weighted by Crippen LogP contribution is -2.46. The minimum Gasteiger partial charge on any atom is -0.508 e. The van der Waals surface area contributed by atoms with Crippen molar-refractivity contribution in [3.63, 3.8) is 0 Å². The molecule has 1 aliphatic heterocycles. The third-order valence-electron chi connectivity index (χ3n) is 2.73. The zero-order valence-corrected chi connectivity index (χ0v) is 10.9. The Morgan fingerprint density at radius 3 is 2.84 bits per heavy atom. The fourth-order valence-electron chi connectivity index (χ4n) is 1.77. The molecule has 6 nitrogen and oxygen atoms in total. The summed E-state index contributed by atoms with van der Waals surface area (Å²) in [5.41, 5.74) is 0.0597. The number of thioether (sulfide) groups is 1. The highest BCUT2D eigenvalue weighted by Crippen LogP contribution is 2.22. The SMILES string of the molecule is O=C(O)c1cc(O)ccc1NC(=O)C1CSCCN1. The molecule has 0 saturated carbocycles. The van der Waals surface area contributed by atoms with E-state index in [4.69, 9.17) is 5.11 Å². The zero-order valence-electron chi connectivity index (χ0n) is 10.0. The van der Waals surface area contributed by atoms with Gasteiger partial charge in [0, 0.05) is 18.1 Å². The average molecular weight is 282 g/mol. The van der Waals surface area contributed by atoms with Crippen LogP contribution in [0.1, 0.15) is 10.4 Å². The highest BCUT2D eigenvalue weighted by atomic mass is 32.2. The van der Waals surface area contributed by atoms with E-state index in [1.165, 1.54) is 12.1 Å². The Hall–Kier alpha value is -1.73. The first-order valence-corrected chi connectivity index (χ1v) is 6.91. The predicted octanol–water partition coefficient (Wildman–Crippen LogP) is 0.734. The summed E-state index contributed by atoms with van der Waals surface area (Å²) >= 11 is 1.68. The van der Waals surface area contributed by atoms with Crippen LogP contribution in [0, 0.1) is 0 Å². The summed E-state index contributed by atoms with van der Waals surface area (Å²) in [7, 11) is 0. The normalized spacial score (nSPS) is 18.8. The van der Waals surface area contributed by atoms with Gasteiger partial charge in [-0.3, -0.25) is 4.79 Å². The first-order chi connectivity index (χ1) is 9.08. The van der Waals surface area contributed by atoms with Crippen molar-refractivity contribution in [2.24, 2.45) is 0 Å². The number of anilines is 1. The maximum Gasteiger partial charge on any atom is 0.337 e. The number of carboxylic acids is 1. The number of aromatic carboxylic acids is 1. The number of carbonyl (C=O) groups excluding carboxylic acids is 1. The molecule has 7 heteroatoms. The van der Waals surface area contributed by atoms with E-state index < -0.39 is 5.97 Å². The molecule has 1 heterocycles. The molecule has 1 atom stereocenters. The van der Waals surface area contributed by atoms with Crippen LogP contribution in [0.5, 0.6) is 5.75 Å². The van der Waals surface area contributed by atoms with Crippen LogP contribution in [-0.2, 0) is 4.79 Å². The van der Waals surface area contributed by atoms with Gasteiger partial charge in [-0.15, -0.1) is 0 Å². The van der Waals surface area contributed by atoms with E-state index in [0.717, 1.165) is 18.4 Å². The van der Waals surface area contributed by atoms with Crippen LogP contribution in [0.15, 0.2) is 18.2 Å². The predicted molar refractivity (Wildman–Crippen MR) is 72.8 cm³/mol. The number of aromatic hydroxyl groups is 1. The third kappa shape index (κ3) is 3.39. The van der Waals surface area contributed by atoms with E-state index in [0.29, 0.717) is 5.75 Å². The molecule has 1 unspecified atom stereocenters. The van der Waals surface area contributed by atoms with Crippen molar-refractivity contribution in [2.45, 2.75) is 6.04 Å². The van der Waals surface area contributed by atoms with Crippen LogP contribution in [0.2, 0.25) is 0 Å². The largest absolute Gasteiger partial charge is 0.508 e. The minimum atomic E-state index is -1.20. The summed E-state index contributed by atoms with van der Waals surface area (Å²) in [6.07, 6.45) is 0. The number of phenols is 1. The maximum atomic E-state index is 12.0. The van der Waals surface area contributed by atoms with Crippen molar-refractivity contribution in [1.29, 1.82) is 0 Å². The quantitative estimate of drug-likeness (QED) is 0.610. The first-order valence-electron chi connectivity index (χ1n) is 5.76. The van der Waals surface area contributed by atoms with E-state index in [2.05, 4.69) is 10.6 Å². The molecule has 0 spiro atoms. The lowest BCUT2D eigenvalue weighted by molar-refractivity contribution is -0.117. The highest BCUT2D eigenvalue weighted by Gasteiger charge is 2.22.